The van der Waals surface area contributed by atoms with Gasteiger partial charge in [0.25, 0.3) is 5.91 Å². The fourth-order valence-electron chi connectivity index (χ4n) is 3.12. The van der Waals surface area contributed by atoms with Crippen LogP contribution < -0.4 is 24.8 Å². The van der Waals surface area contributed by atoms with Crippen molar-refractivity contribution >= 4 is 47.2 Å². The Morgan fingerprint density at radius 3 is 2.49 bits per heavy atom. The Bertz CT molecular complexity index is 1200. The van der Waals surface area contributed by atoms with Gasteiger partial charge in [-0.25, -0.2) is 14.5 Å². The maximum atomic E-state index is 12.8. The Kier molecular flexibility index (Phi) is 8.16. The molecule has 1 heterocycles. The van der Waals surface area contributed by atoms with E-state index in [1.54, 1.807) is 24.3 Å². The third-order valence-corrected chi connectivity index (χ3v) is 5.05. The highest BCUT2D eigenvalue weighted by Crippen LogP contribution is 2.37. The van der Waals surface area contributed by atoms with Crippen LogP contribution >= 0.6 is 11.6 Å². The maximum absolute atomic E-state index is 12.8. The number of benzene rings is 2. The van der Waals surface area contributed by atoms with E-state index in [1.807, 2.05) is 0 Å². The number of carbonyl (C=O) groups is 4. The third kappa shape index (κ3) is 6.01. The van der Waals surface area contributed by atoms with Gasteiger partial charge in [0.2, 0.25) is 5.91 Å². The monoisotopic (exact) mass is 503 g/mol. The number of rotatable bonds is 9. The van der Waals surface area contributed by atoms with Crippen LogP contribution in [0.15, 0.2) is 42.1 Å². The summed E-state index contributed by atoms with van der Waals surface area (Å²) in [5.74, 6) is -1.16. The van der Waals surface area contributed by atoms with Gasteiger partial charge in [-0.3, -0.25) is 9.59 Å². The molecule has 4 amide bonds. The summed E-state index contributed by atoms with van der Waals surface area (Å²) in [6, 6.07) is 8.94. The van der Waals surface area contributed by atoms with Crippen LogP contribution in [-0.4, -0.2) is 63.2 Å². The highest BCUT2D eigenvalue weighted by molar-refractivity contribution is 6.32. The minimum atomic E-state index is -0.757. The van der Waals surface area contributed by atoms with Gasteiger partial charge in [-0.15, -0.1) is 0 Å². The molecule has 11 nitrogen and oxygen atoms in total. The Morgan fingerprint density at radius 2 is 1.80 bits per heavy atom. The van der Waals surface area contributed by atoms with Gasteiger partial charge in [0.05, 0.1) is 32.0 Å². The van der Waals surface area contributed by atoms with Crippen LogP contribution in [0.5, 0.6) is 17.2 Å². The molecule has 1 aliphatic heterocycles. The number of halogens is 1. The number of amides is 4. The van der Waals surface area contributed by atoms with Crippen molar-refractivity contribution in [3.63, 3.8) is 0 Å². The number of anilines is 1. The Hall–Kier alpha value is -4.25. The molecule has 1 fully saturated rings. The Morgan fingerprint density at radius 1 is 1.09 bits per heavy atom. The molecule has 2 N–H and O–H groups in total. The molecule has 1 saturated heterocycles. The molecule has 0 spiro atoms. The summed E-state index contributed by atoms with van der Waals surface area (Å²) in [7, 11) is 4.05. The number of nitrogens with one attached hydrogen (secondary N) is 2. The molecule has 2 aromatic carbocycles. The molecule has 35 heavy (non-hydrogen) atoms. The number of imide groups is 1. The predicted octanol–water partition coefficient (Wildman–Crippen LogP) is 2.44. The number of hydrogen-bond donors (Lipinski definition) is 2. The molecule has 184 valence electrons. The maximum Gasteiger partial charge on any atom is 0.343 e. The van der Waals surface area contributed by atoms with Crippen LogP contribution in [0.2, 0.25) is 5.02 Å². The first-order valence-corrected chi connectivity index (χ1v) is 10.5. The first kappa shape index (κ1) is 25.4. The lowest BCUT2D eigenvalue weighted by Gasteiger charge is -2.13. The van der Waals surface area contributed by atoms with Gasteiger partial charge in [0.1, 0.15) is 18.0 Å². The number of para-hydroxylation sites is 2. The summed E-state index contributed by atoms with van der Waals surface area (Å²) in [6.45, 7) is -0.891. The van der Waals surface area contributed by atoms with Crippen molar-refractivity contribution in [1.82, 2.24) is 10.2 Å². The van der Waals surface area contributed by atoms with Crippen LogP contribution in [-0.2, 0) is 19.1 Å². The quantitative estimate of drug-likeness (QED) is 0.303. The number of hydrogen-bond acceptors (Lipinski definition) is 8. The fourth-order valence-corrected chi connectivity index (χ4v) is 3.39. The van der Waals surface area contributed by atoms with Gasteiger partial charge in [-0.05, 0) is 35.9 Å². The number of nitrogens with zero attached hydrogens (tertiary/aromatic N) is 1. The Balaban J connectivity index is 1.75. The fraction of sp³-hybridized carbons (Fsp3) is 0.217. The zero-order valence-corrected chi connectivity index (χ0v) is 19.8. The molecule has 0 bridgehead atoms. The zero-order valence-electron chi connectivity index (χ0n) is 19.0. The number of methoxy groups -OCH3 is 3. The summed E-state index contributed by atoms with van der Waals surface area (Å²) in [4.78, 5) is 49.7. The second-order valence-corrected chi connectivity index (χ2v) is 7.43. The number of carbonyl (C=O) groups excluding carboxylic acids is 4. The topological polar surface area (TPSA) is 132 Å². The molecule has 12 heteroatoms. The van der Waals surface area contributed by atoms with Gasteiger partial charge in [0, 0.05) is 0 Å². The van der Waals surface area contributed by atoms with E-state index >= 15 is 0 Å². The van der Waals surface area contributed by atoms with Crippen LogP contribution in [0.1, 0.15) is 5.56 Å². The average Bonchev–Trinajstić information content (AvgIpc) is 3.10. The van der Waals surface area contributed by atoms with E-state index in [1.165, 1.54) is 39.5 Å². The molecule has 0 saturated carbocycles. The summed E-state index contributed by atoms with van der Waals surface area (Å²) in [5.41, 5.74) is 0.738. The first-order chi connectivity index (χ1) is 16.8. The lowest BCUT2D eigenvalue weighted by atomic mass is 10.1. The smallest absolute Gasteiger partial charge is 0.343 e. The van der Waals surface area contributed by atoms with Gasteiger partial charge < -0.3 is 29.6 Å². The average molecular weight is 504 g/mol. The van der Waals surface area contributed by atoms with Crippen molar-refractivity contribution in [1.29, 1.82) is 0 Å². The molecule has 0 aromatic heterocycles. The van der Waals surface area contributed by atoms with E-state index < -0.39 is 30.4 Å². The van der Waals surface area contributed by atoms with E-state index in [0.29, 0.717) is 17.0 Å². The molecule has 3 rings (SSSR count). The predicted molar refractivity (Wildman–Crippen MR) is 125 cm³/mol. The van der Waals surface area contributed by atoms with E-state index in [2.05, 4.69) is 15.4 Å². The normalized spacial score (nSPS) is 13.9. The van der Waals surface area contributed by atoms with E-state index in [9.17, 15) is 19.2 Å². The Labute approximate surface area is 205 Å². The zero-order chi connectivity index (χ0) is 25.5. The molecular weight excluding hydrogens is 482 g/mol. The van der Waals surface area contributed by atoms with Gasteiger partial charge in [-0.2, -0.15) is 0 Å². The minimum absolute atomic E-state index is 0.0681. The second kappa shape index (κ2) is 11.3. The van der Waals surface area contributed by atoms with Crippen molar-refractivity contribution in [3.8, 4) is 17.2 Å². The summed E-state index contributed by atoms with van der Waals surface area (Å²) < 4.78 is 20.3. The molecule has 1 aliphatic rings. The van der Waals surface area contributed by atoms with E-state index in [4.69, 9.17) is 25.8 Å². The first-order valence-electron chi connectivity index (χ1n) is 10.1. The molecule has 0 unspecified atom stereocenters. The lowest BCUT2D eigenvalue weighted by Crippen LogP contribution is -2.38. The summed E-state index contributed by atoms with van der Waals surface area (Å²) >= 11 is 6.26. The van der Waals surface area contributed by atoms with E-state index in [0.717, 1.165) is 4.90 Å². The van der Waals surface area contributed by atoms with Crippen molar-refractivity contribution in [2.24, 2.45) is 0 Å². The van der Waals surface area contributed by atoms with Crippen LogP contribution in [0.3, 0.4) is 0 Å². The highest BCUT2D eigenvalue weighted by atomic mass is 35.5. The largest absolute Gasteiger partial charge is 0.495 e. The van der Waals surface area contributed by atoms with Crippen molar-refractivity contribution in [3.05, 3.63) is 52.7 Å². The minimum Gasteiger partial charge on any atom is -0.495 e. The summed E-state index contributed by atoms with van der Waals surface area (Å²) in [6.07, 6.45) is 1.37. The van der Waals surface area contributed by atoms with Crippen LogP contribution in [0.25, 0.3) is 6.08 Å². The molecule has 0 aliphatic carbocycles. The van der Waals surface area contributed by atoms with E-state index in [-0.39, 0.29) is 28.8 Å². The lowest BCUT2D eigenvalue weighted by molar-refractivity contribution is -0.143. The number of esters is 1. The standard InChI is InChI=1S/C23H22ClN3O8/c1-32-17-7-5-4-6-15(17)25-19(28)11-27-22(30)16(26-23(27)31)9-13-8-14(24)21(18(10-13)33-2)35-12-20(29)34-3/h4-10H,11-12H2,1-3H3,(H,25,28)(H,26,31)/b16-9+. The van der Waals surface area contributed by atoms with Crippen molar-refractivity contribution < 1.29 is 38.1 Å². The molecular formula is C23H22ClN3O8. The molecule has 2 aromatic rings. The van der Waals surface area contributed by atoms with Gasteiger partial charge in [0.15, 0.2) is 18.1 Å². The second-order valence-electron chi connectivity index (χ2n) is 7.03. The van der Waals surface area contributed by atoms with Crippen molar-refractivity contribution in [2.75, 3.05) is 39.8 Å². The van der Waals surface area contributed by atoms with Gasteiger partial charge in [-0.1, -0.05) is 23.7 Å². The van der Waals surface area contributed by atoms with Gasteiger partial charge >= 0.3 is 12.0 Å². The van der Waals surface area contributed by atoms with Crippen molar-refractivity contribution in [2.45, 2.75) is 0 Å². The number of urea groups is 1. The third-order valence-electron chi connectivity index (χ3n) is 4.77. The molecule has 0 atom stereocenters. The summed E-state index contributed by atoms with van der Waals surface area (Å²) in [5, 5.41) is 5.14. The van der Waals surface area contributed by atoms with Crippen LogP contribution in [0, 0.1) is 0 Å². The highest BCUT2D eigenvalue weighted by Gasteiger charge is 2.35. The molecule has 0 radical (unpaired) electrons. The number of ether oxygens (including phenoxy) is 4. The van der Waals surface area contributed by atoms with Crippen LogP contribution in [0.4, 0.5) is 10.5 Å². The SMILES string of the molecule is COC(=O)COc1c(Cl)cc(/C=C2/NC(=O)N(CC(=O)Nc3ccccc3OC)C2=O)cc1OC.